The molecule has 4 rings (SSSR count). The molecule has 0 radical (unpaired) electrons. The van der Waals surface area contributed by atoms with E-state index in [1.54, 1.807) is 0 Å². The molecule has 7 heteroatoms. The van der Waals surface area contributed by atoms with Crippen LogP contribution in [0.15, 0.2) is 60.7 Å². The van der Waals surface area contributed by atoms with Gasteiger partial charge in [0, 0.05) is 26.4 Å². The van der Waals surface area contributed by atoms with Gasteiger partial charge in [-0.05, 0) is 36.8 Å². The van der Waals surface area contributed by atoms with Crippen LogP contribution in [0.1, 0.15) is 36.8 Å². The van der Waals surface area contributed by atoms with Crippen LogP contribution in [-0.2, 0) is 34.7 Å². The number of thiocarbonyl (C=S) groups is 2. The Hall–Kier alpha value is -0.254. The van der Waals surface area contributed by atoms with Crippen molar-refractivity contribution in [2.75, 3.05) is 26.4 Å². The Morgan fingerprint density at radius 1 is 0.586 bits per heavy atom. The first-order chi connectivity index (χ1) is 13.6. The zero-order chi connectivity index (χ0) is 20.5. The Morgan fingerprint density at radius 2 is 0.862 bits per heavy atom. The minimum Gasteiger partial charge on any atom is -0.428 e. The number of hydrogen-bond acceptors (Lipinski definition) is 6. The van der Waals surface area contributed by atoms with Crippen LogP contribution in [0.25, 0.3) is 0 Å². The van der Waals surface area contributed by atoms with Crippen LogP contribution < -0.4 is 0 Å². The SMILES string of the molecule is C1CCOC1.C1CCOC1.S=C([S-])c1ccccc1.S=C([S-])c1ccccc1.[Mg+2]. The first-order valence-electron chi connectivity index (χ1n) is 9.29. The van der Waals surface area contributed by atoms with Gasteiger partial charge in [0.2, 0.25) is 0 Å². The van der Waals surface area contributed by atoms with Crippen LogP contribution in [-0.4, -0.2) is 57.9 Å². The Labute approximate surface area is 213 Å². The minimum atomic E-state index is 0. The van der Waals surface area contributed by atoms with E-state index in [1.807, 2.05) is 60.7 Å². The summed E-state index contributed by atoms with van der Waals surface area (Å²) < 4.78 is 11.0. The summed E-state index contributed by atoms with van der Waals surface area (Å²) in [5.74, 6) is 0. The number of ether oxygens (including phenoxy) is 2. The predicted molar refractivity (Wildman–Crippen MR) is 137 cm³/mol. The van der Waals surface area contributed by atoms with E-state index in [1.165, 1.54) is 25.7 Å². The van der Waals surface area contributed by atoms with Crippen LogP contribution >= 0.6 is 24.4 Å². The van der Waals surface area contributed by atoms with Crippen molar-refractivity contribution in [3.05, 3.63) is 71.8 Å². The van der Waals surface area contributed by atoms with E-state index in [-0.39, 0.29) is 23.1 Å². The summed E-state index contributed by atoms with van der Waals surface area (Å²) in [4.78, 5) is 0. The number of rotatable bonds is 2. The molecule has 2 fully saturated rings. The van der Waals surface area contributed by atoms with Crippen molar-refractivity contribution < 1.29 is 9.47 Å². The van der Waals surface area contributed by atoms with Gasteiger partial charge in [0.15, 0.2) is 0 Å². The van der Waals surface area contributed by atoms with Gasteiger partial charge >= 0.3 is 23.1 Å². The van der Waals surface area contributed by atoms with Crippen molar-refractivity contribution in [2.24, 2.45) is 0 Å². The Balaban J connectivity index is 0.000000369. The summed E-state index contributed by atoms with van der Waals surface area (Å²) in [6.07, 6.45) is 5.11. The molecule has 0 amide bonds. The summed E-state index contributed by atoms with van der Waals surface area (Å²) in [7, 11) is 0. The zero-order valence-corrected chi connectivity index (χ0v) is 21.3. The monoisotopic (exact) mass is 474 g/mol. The summed E-state index contributed by atoms with van der Waals surface area (Å²) in [5.41, 5.74) is 1.92. The standard InChI is InChI=1S/2C7H6S2.2C4H8O.Mg/c2*8-7(9)6-4-2-1-3-5-6;2*1-2-4-5-3-1;/h2*1-5H,(H,8,9);2*1-4H2;/q;;;;+2/p-2. The van der Waals surface area contributed by atoms with E-state index < -0.39 is 0 Å². The largest absolute Gasteiger partial charge is 2.00 e. The van der Waals surface area contributed by atoms with Gasteiger partial charge in [0.1, 0.15) is 0 Å². The molecule has 2 aliphatic rings. The normalized spacial score (nSPS) is 13.8. The average molecular weight is 475 g/mol. The van der Waals surface area contributed by atoms with Crippen molar-refractivity contribution in [1.82, 2.24) is 0 Å². The average Bonchev–Trinajstić information content (AvgIpc) is 3.48. The van der Waals surface area contributed by atoms with Gasteiger partial charge in [-0.3, -0.25) is 0 Å². The molecule has 2 saturated heterocycles. The number of hydrogen-bond donors (Lipinski definition) is 0. The second-order valence-corrected chi connectivity index (χ2v) is 8.10. The summed E-state index contributed by atoms with van der Waals surface area (Å²) in [6.45, 7) is 4.00. The molecule has 0 aromatic heterocycles. The topological polar surface area (TPSA) is 18.5 Å². The van der Waals surface area contributed by atoms with Gasteiger partial charge in [-0.15, -0.1) is 8.39 Å². The van der Waals surface area contributed by atoms with Gasteiger partial charge in [-0.1, -0.05) is 60.7 Å². The van der Waals surface area contributed by atoms with E-state index in [0.29, 0.717) is 8.39 Å². The molecule has 0 bridgehead atoms. The third-order valence-electron chi connectivity index (χ3n) is 3.67. The summed E-state index contributed by atoms with van der Waals surface area (Å²) in [6, 6.07) is 19.2. The maximum atomic E-state index is 4.94. The fourth-order valence-electron chi connectivity index (χ4n) is 2.17. The summed E-state index contributed by atoms with van der Waals surface area (Å²) in [5, 5.41) is 0. The maximum Gasteiger partial charge on any atom is 2.00 e. The predicted octanol–water partition coefficient (Wildman–Crippen LogP) is 5.03. The first-order valence-corrected chi connectivity index (χ1v) is 10.9. The zero-order valence-electron chi connectivity index (χ0n) is 16.6. The van der Waals surface area contributed by atoms with Crippen molar-refractivity contribution >= 4 is 81.1 Å². The molecular formula is C22H26MgO2S4. The van der Waals surface area contributed by atoms with E-state index in [0.717, 1.165) is 37.6 Å². The van der Waals surface area contributed by atoms with Gasteiger partial charge < -0.3 is 59.2 Å². The minimum absolute atomic E-state index is 0. The van der Waals surface area contributed by atoms with Gasteiger partial charge in [-0.25, -0.2) is 0 Å². The van der Waals surface area contributed by atoms with Crippen molar-refractivity contribution in [3.63, 3.8) is 0 Å². The fraction of sp³-hybridized carbons (Fsp3) is 0.364. The molecule has 0 aliphatic carbocycles. The third kappa shape index (κ3) is 16.2. The smallest absolute Gasteiger partial charge is 0.428 e. The van der Waals surface area contributed by atoms with Crippen LogP contribution in [0.4, 0.5) is 0 Å². The molecule has 2 aliphatic heterocycles. The van der Waals surface area contributed by atoms with Crippen molar-refractivity contribution in [1.29, 1.82) is 0 Å². The first kappa shape index (κ1) is 28.7. The molecule has 0 spiro atoms. The third-order valence-corrected chi connectivity index (χ3v) is 4.62. The molecule has 2 aromatic carbocycles. The molecule has 29 heavy (non-hydrogen) atoms. The van der Waals surface area contributed by atoms with Crippen molar-refractivity contribution in [2.45, 2.75) is 25.7 Å². The molecule has 2 aromatic rings. The second kappa shape index (κ2) is 19.7. The van der Waals surface area contributed by atoms with E-state index >= 15 is 0 Å². The molecule has 0 atom stereocenters. The quantitative estimate of drug-likeness (QED) is 0.343. The molecular weight excluding hydrogens is 449 g/mol. The second-order valence-electron chi connectivity index (χ2n) is 5.95. The Morgan fingerprint density at radius 3 is 1.00 bits per heavy atom. The van der Waals surface area contributed by atoms with Gasteiger partial charge in [0.25, 0.3) is 0 Å². The van der Waals surface area contributed by atoms with Gasteiger partial charge in [0.05, 0.1) is 0 Å². The van der Waals surface area contributed by atoms with Crippen LogP contribution in [0, 0.1) is 0 Å². The molecule has 2 nitrogen and oxygen atoms in total. The van der Waals surface area contributed by atoms with Crippen LogP contribution in [0.3, 0.4) is 0 Å². The summed E-state index contributed by atoms with van der Waals surface area (Å²) >= 11 is 19.1. The molecule has 2 heterocycles. The molecule has 0 saturated carbocycles. The van der Waals surface area contributed by atoms with Gasteiger partial charge in [-0.2, -0.15) is 0 Å². The Kier molecular flexibility index (Phi) is 19.5. The van der Waals surface area contributed by atoms with Crippen LogP contribution in [0.5, 0.6) is 0 Å². The van der Waals surface area contributed by atoms with Crippen LogP contribution in [0.2, 0.25) is 0 Å². The Bertz CT molecular complexity index is 586. The van der Waals surface area contributed by atoms with Crippen molar-refractivity contribution in [3.8, 4) is 0 Å². The van der Waals surface area contributed by atoms with E-state index in [4.69, 9.17) is 59.2 Å². The fourth-order valence-corrected chi connectivity index (χ4v) is 2.71. The molecule has 0 N–H and O–H groups in total. The molecule has 152 valence electrons. The van der Waals surface area contributed by atoms with E-state index in [2.05, 4.69) is 0 Å². The van der Waals surface area contributed by atoms with E-state index in [9.17, 15) is 0 Å². The number of benzene rings is 2. The maximum absolute atomic E-state index is 4.94. The molecule has 0 unspecified atom stereocenters.